The number of Topliss-reactive ketones (excluding diaryl/α,β-unsaturated/α-hetero) is 1. The first-order valence-corrected chi connectivity index (χ1v) is 6.02. The van der Waals surface area contributed by atoms with Crippen LogP contribution in [0, 0.1) is 6.92 Å². The molecule has 0 unspecified atom stereocenters. The predicted molar refractivity (Wildman–Crippen MR) is 68.2 cm³/mol. The van der Waals surface area contributed by atoms with Gasteiger partial charge in [-0.3, -0.25) is 14.5 Å². The third kappa shape index (κ3) is 1.92. The highest BCUT2D eigenvalue weighted by molar-refractivity contribution is 6.52. The quantitative estimate of drug-likeness (QED) is 0.790. The zero-order chi connectivity index (χ0) is 13.6. The summed E-state index contributed by atoms with van der Waals surface area (Å²) in [6.07, 6.45) is 0. The van der Waals surface area contributed by atoms with Gasteiger partial charge in [-0.15, -0.1) is 0 Å². The van der Waals surface area contributed by atoms with E-state index >= 15 is 0 Å². The maximum Gasteiger partial charge on any atom is 0.299 e. The molecule has 1 amide bonds. The molecular weight excluding hydrogens is 268 g/mol. The second-order valence-electron chi connectivity index (χ2n) is 4.32. The van der Waals surface area contributed by atoms with E-state index in [9.17, 15) is 9.59 Å². The first-order valence-electron chi connectivity index (χ1n) is 5.64. The molecule has 1 aromatic heterocycles. The molecule has 0 atom stereocenters. The van der Waals surface area contributed by atoms with Gasteiger partial charge in [0.25, 0.3) is 11.7 Å². The number of nitrogens with zero attached hydrogens (tertiary/aromatic N) is 2. The summed E-state index contributed by atoms with van der Waals surface area (Å²) in [4.78, 5) is 25.2. The average molecular weight is 277 g/mol. The van der Waals surface area contributed by atoms with Gasteiger partial charge in [0, 0.05) is 11.1 Å². The normalized spacial score (nSPS) is 14.1. The third-order valence-corrected chi connectivity index (χ3v) is 3.16. The lowest BCUT2D eigenvalue weighted by Crippen LogP contribution is -2.28. The zero-order valence-electron chi connectivity index (χ0n) is 10.0. The Morgan fingerprint density at radius 3 is 2.79 bits per heavy atom. The highest BCUT2D eigenvalue weighted by atomic mass is 35.5. The fourth-order valence-electron chi connectivity index (χ4n) is 2.08. The molecule has 96 valence electrons. The van der Waals surface area contributed by atoms with Gasteiger partial charge in [0.2, 0.25) is 0 Å². The second kappa shape index (κ2) is 4.20. The number of ketones is 1. The minimum Gasteiger partial charge on any atom is -0.359 e. The number of carbonyl (C=O) groups excluding carboxylic acids is 2. The molecule has 19 heavy (non-hydrogen) atoms. The predicted octanol–water partition coefficient (Wildman–Crippen LogP) is 2.37. The van der Waals surface area contributed by atoms with E-state index in [4.69, 9.17) is 16.1 Å². The Labute approximate surface area is 113 Å². The largest absolute Gasteiger partial charge is 0.359 e. The van der Waals surface area contributed by atoms with E-state index in [1.165, 1.54) is 11.0 Å². The molecule has 2 heterocycles. The molecule has 1 aliphatic rings. The zero-order valence-corrected chi connectivity index (χ0v) is 10.8. The molecule has 2 aromatic rings. The topological polar surface area (TPSA) is 63.4 Å². The summed E-state index contributed by atoms with van der Waals surface area (Å²) in [5, 5.41) is 4.18. The number of anilines is 1. The SMILES string of the molecule is Cc1cc(CN2C(=O)C(=O)c3cc(Cl)ccc32)on1. The number of rotatable bonds is 2. The van der Waals surface area contributed by atoms with Crippen molar-refractivity contribution in [2.24, 2.45) is 0 Å². The Kier molecular flexibility index (Phi) is 2.64. The third-order valence-electron chi connectivity index (χ3n) is 2.92. The fraction of sp³-hybridized carbons (Fsp3) is 0.154. The average Bonchev–Trinajstić information content (AvgIpc) is 2.88. The molecular formula is C13H9ClN2O3. The number of hydrogen-bond acceptors (Lipinski definition) is 4. The number of halogens is 1. The van der Waals surface area contributed by atoms with E-state index in [2.05, 4.69) is 5.16 Å². The van der Waals surface area contributed by atoms with Crippen LogP contribution in [0.25, 0.3) is 0 Å². The summed E-state index contributed by atoms with van der Waals surface area (Å²) in [6, 6.07) is 6.53. The summed E-state index contributed by atoms with van der Waals surface area (Å²) >= 11 is 5.84. The van der Waals surface area contributed by atoms with Gasteiger partial charge in [-0.25, -0.2) is 0 Å². The minimum atomic E-state index is -0.577. The minimum absolute atomic E-state index is 0.181. The molecule has 0 spiro atoms. The monoisotopic (exact) mass is 276 g/mol. The van der Waals surface area contributed by atoms with Gasteiger partial charge >= 0.3 is 0 Å². The molecule has 0 fully saturated rings. The number of aromatic nitrogens is 1. The van der Waals surface area contributed by atoms with Gasteiger partial charge in [0.1, 0.15) is 0 Å². The number of hydrogen-bond donors (Lipinski definition) is 0. The van der Waals surface area contributed by atoms with E-state index in [0.29, 0.717) is 22.0 Å². The van der Waals surface area contributed by atoms with E-state index < -0.39 is 11.7 Å². The smallest absolute Gasteiger partial charge is 0.299 e. The van der Waals surface area contributed by atoms with Gasteiger partial charge in [0.15, 0.2) is 5.76 Å². The van der Waals surface area contributed by atoms with Crippen LogP contribution in [0.2, 0.25) is 5.02 Å². The van der Waals surface area contributed by atoms with Crippen molar-refractivity contribution in [2.45, 2.75) is 13.5 Å². The summed E-state index contributed by atoms with van der Waals surface area (Å²) in [5.74, 6) is -0.596. The van der Waals surface area contributed by atoms with Gasteiger partial charge in [-0.05, 0) is 25.1 Å². The van der Waals surface area contributed by atoms with Crippen molar-refractivity contribution in [1.29, 1.82) is 0 Å². The van der Waals surface area contributed by atoms with Crippen molar-refractivity contribution in [3.8, 4) is 0 Å². The van der Waals surface area contributed by atoms with Crippen molar-refractivity contribution in [3.63, 3.8) is 0 Å². The van der Waals surface area contributed by atoms with Crippen LogP contribution in [0.5, 0.6) is 0 Å². The number of benzene rings is 1. The molecule has 1 aliphatic heterocycles. The maximum absolute atomic E-state index is 12.0. The van der Waals surface area contributed by atoms with E-state index in [-0.39, 0.29) is 6.54 Å². The van der Waals surface area contributed by atoms with Crippen LogP contribution in [-0.4, -0.2) is 16.8 Å². The van der Waals surface area contributed by atoms with E-state index in [0.717, 1.165) is 5.69 Å². The Morgan fingerprint density at radius 1 is 1.32 bits per heavy atom. The van der Waals surface area contributed by atoms with Gasteiger partial charge in [0.05, 0.1) is 23.5 Å². The van der Waals surface area contributed by atoms with Crippen LogP contribution in [-0.2, 0) is 11.3 Å². The van der Waals surface area contributed by atoms with Gasteiger partial charge in [-0.1, -0.05) is 16.8 Å². The Balaban J connectivity index is 1.99. The highest BCUT2D eigenvalue weighted by Gasteiger charge is 2.36. The van der Waals surface area contributed by atoms with Crippen LogP contribution in [0.4, 0.5) is 5.69 Å². The maximum atomic E-state index is 12.0. The molecule has 0 bridgehead atoms. The highest BCUT2D eigenvalue weighted by Crippen LogP contribution is 2.32. The summed E-state index contributed by atoms with van der Waals surface area (Å²) in [6.45, 7) is 1.97. The van der Waals surface area contributed by atoms with Crippen molar-refractivity contribution in [1.82, 2.24) is 5.16 Å². The van der Waals surface area contributed by atoms with Crippen LogP contribution in [0.1, 0.15) is 21.8 Å². The standard InChI is InChI=1S/C13H9ClN2O3/c1-7-4-9(19-15-7)6-16-11-3-2-8(14)5-10(11)12(17)13(16)18/h2-5H,6H2,1H3. The van der Waals surface area contributed by atoms with Crippen molar-refractivity contribution >= 4 is 29.0 Å². The lowest BCUT2D eigenvalue weighted by molar-refractivity contribution is -0.114. The van der Waals surface area contributed by atoms with Crippen LogP contribution >= 0.6 is 11.6 Å². The Hall–Kier alpha value is -2.14. The summed E-state index contributed by atoms with van der Waals surface area (Å²) in [5.41, 5.74) is 1.60. The molecule has 3 rings (SSSR count). The number of aryl methyl sites for hydroxylation is 1. The fourth-order valence-corrected chi connectivity index (χ4v) is 2.25. The van der Waals surface area contributed by atoms with Crippen LogP contribution in [0.15, 0.2) is 28.8 Å². The first kappa shape index (κ1) is 11.9. The van der Waals surface area contributed by atoms with Crippen molar-refractivity contribution in [2.75, 3.05) is 4.90 Å². The number of fused-ring (bicyclic) bond motifs is 1. The molecule has 1 aromatic carbocycles. The summed E-state index contributed by atoms with van der Waals surface area (Å²) in [7, 11) is 0. The number of amides is 1. The molecule has 0 saturated heterocycles. The first-order chi connectivity index (χ1) is 9.06. The Morgan fingerprint density at radius 2 is 2.11 bits per heavy atom. The molecule has 0 saturated carbocycles. The van der Waals surface area contributed by atoms with Gasteiger partial charge < -0.3 is 4.52 Å². The number of carbonyl (C=O) groups is 2. The molecule has 5 nitrogen and oxygen atoms in total. The molecule has 0 N–H and O–H groups in total. The molecule has 0 aliphatic carbocycles. The van der Waals surface area contributed by atoms with Crippen molar-refractivity contribution in [3.05, 3.63) is 46.3 Å². The van der Waals surface area contributed by atoms with E-state index in [1.807, 2.05) is 0 Å². The lowest BCUT2D eigenvalue weighted by Gasteiger charge is -2.14. The molecule has 0 radical (unpaired) electrons. The van der Waals surface area contributed by atoms with E-state index in [1.54, 1.807) is 25.1 Å². The second-order valence-corrected chi connectivity index (χ2v) is 4.75. The summed E-state index contributed by atoms with van der Waals surface area (Å²) < 4.78 is 5.07. The lowest BCUT2D eigenvalue weighted by atomic mass is 10.1. The Bertz CT molecular complexity index is 693. The van der Waals surface area contributed by atoms with Gasteiger partial charge in [-0.2, -0.15) is 0 Å². The van der Waals surface area contributed by atoms with Crippen LogP contribution in [0.3, 0.4) is 0 Å². The van der Waals surface area contributed by atoms with Crippen LogP contribution < -0.4 is 4.90 Å². The van der Waals surface area contributed by atoms with Crippen molar-refractivity contribution < 1.29 is 14.1 Å². The molecule has 6 heteroatoms.